The van der Waals surface area contributed by atoms with Crippen LogP contribution in [-0.4, -0.2) is 21.1 Å². The van der Waals surface area contributed by atoms with Crippen LogP contribution >= 0.6 is 23.5 Å². The summed E-state index contributed by atoms with van der Waals surface area (Å²) in [7, 11) is 0. The van der Waals surface area contributed by atoms with Gasteiger partial charge in [-0.3, -0.25) is 0 Å². The zero-order valence-electron chi connectivity index (χ0n) is 14.3. The van der Waals surface area contributed by atoms with E-state index in [0.29, 0.717) is 18.1 Å². The van der Waals surface area contributed by atoms with Crippen molar-refractivity contribution in [3.8, 4) is 5.75 Å². The maximum Gasteiger partial charge on any atom is 0.573 e. The van der Waals surface area contributed by atoms with Crippen LogP contribution in [0.1, 0.15) is 25.2 Å². The molecule has 1 heterocycles. The minimum atomic E-state index is -4.68. The van der Waals surface area contributed by atoms with Crippen LogP contribution < -0.4 is 4.74 Å². The SMILES string of the molecule is C=C(S/C=C\C)c1nnc(SCc2ccc(OC(F)(F)F)cc2)n1CC. The van der Waals surface area contributed by atoms with Crippen LogP contribution in [-0.2, 0) is 12.3 Å². The zero-order chi connectivity index (χ0) is 19.2. The van der Waals surface area contributed by atoms with Crippen LogP contribution in [0, 0.1) is 0 Å². The lowest BCUT2D eigenvalue weighted by Crippen LogP contribution is -2.16. The predicted molar refractivity (Wildman–Crippen MR) is 99.8 cm³/mol. The number of hydrogen-bond donors (Lipinski definition) is 0. The normalized spacial score (nSPS) is 11.9. The molecule has 26 heavy (non-hydrogen) atoms. The lowest BCUT2D eigenvalue weighted by Gasteiger charge is -2.10. The summed E-state index contributed by atoms with van der Waals surface area (Å²) in [4.78, 5) is 0.804. The molecule has 0 atom stereocenters. The van der Waals surface area contributed by atoms with Crippen molar-refractivity contribution in [2.24, 2.45) is 0 Å². The van der Waals surface area contributed by atoms with Crippen molar-refractivity contribution in [3.05, 3.63) is 53.7 Å². The van der Waals surface area contributed by atoms with Crippen molar-refractivity contribution < 1.29 is 17.9 Å². The Morgan fingerprint density at radius 3 is 2.54 bits per heavy atom. The number of rotatable bonds is 8. The highest BCUT2D eigenvalue weighted by Gasteiger charge is 2.30. The van der Waals surface area contributed by atoms with Crippen molar-refractivity contribution in [3.63, 3.8) is 0 Å². The summed E-state index contributed by atoms with van der Waals surface area (Å²) in [6.45, 7) is 8.63. The van der Waals surface area contributed by atoms with Gasteiger partial charge < -0.3 is 9.30 Å². The number of halogens is 3. The number of allylic oxidation sites excluding steroid dienone is 1. The fourth-order valence-electron chi connectivity index (χ4n) is 2.02. The molecule has 0 saturated heterocycles. The number of nitrogens with zero attached hydrogens (tertiary/aromatic N) is 3. The molecule has 0 aliphatic heterocycles. The molecule has 0 N–H and O–H groups in total. The first kappa shape index (κ1) is 20.4. The Kier molecular flexibility index (Phi) is 7.22. The molecule has 140 valence electrons. The average Bonchev–Trinajstić information content (AvgIpc) is 3.00. The number of aromatic nitrogens is 3. The lowest BCUT2D eigenvalue weighted by molar-refractivity contribution is -0.274. The number of thioether (sulfide) groups is 2. The second-order valence-corrected chi connectivity index (χ2v) is 6.98. The molecule has 0 bridgehead atoms. The molecule has 0 unspecified atom stereocenters. The summed E-state index contributed by atoms with van der Waals surface area (Å²) in [5, 5.41) is 11.1. The Morgan fingerprint density at radius 1 is 1.27 bits per heavy atom. The van der Waals surface area contributed by atoms with Crippen molar-refractivity contribution in [2.45, 2.75) is 37.7 Å². The van der Waals surface area contributed by atoms with Gasteiger partial charge in [0.25, 0.3) is 0 Å². The molecule has 2 aromatic rings. The van der Waals surface area contributed by atoms with E-state index in [1.807, 2.05) is 29.9 Å². The number of ether oxygens (including phenoxy) is 1. The Balaban J connectivity index is 2.03. The molecule has 0 amide bonds. The van der Waals surface area contributed by atoms with Crippen LogP contribution in [0.2, 0.25) is 0 Å². The predicted octanol–water partition coefficient (Wildman–Crippen LogP) is 5.73. The minimum Gasteiger partial charge on any atom is -0.406 e. The largest absolute Gasteiger partial charge is 0.573 e. The number of alkyl halides is 3. The van der Waals surface area contributed by atoms with Gasteiger partial charge in [0.05, 0.1) is 0 Å². The minimum absolute atomic E-state index is 0.234. The van der Waals surface area contributed by atoms with Crippen molar-refractivity contribution in [1.29, 1.82) is 0 Å². The van der Waals surface area contributed by atoms with Crippen molar-refractivity contribution in [2.75, 3.05) is 0 Å². The molecule has 0 fully saturated rings. The van der Waals surface area contributed by atoms with E-state index in [9.17, 15) is 13.2 Å². The molecule has 0 spiro atoms. The summed E-state index contributed by atoms with van der Waals surface area (Å²) in [5.74, 6) is 1.04. The van der Waals surface area contributed by atoms with Crippen LogP contribution in [0.3, 0.4) is 0 Å². The third kappa shape index (κ3) is 5.84. The molecule has 0 aliphatic carbocycles. The highest BCUT2D eigenvalue weighted by atomic mass is 32.2. The summed E-state index contributed by atoms with van der Waals surface area (Å²) in [6, 6.07) is 5.80. The van der Waals surface area contributed by atoms with E-state index in [1.54, 1.807) is 12.1 Å². The monoisotopic (exact) mass is 401 g/mol. The van der Waals surface area contributed by atoms with E-state index in [2.05, 4.69) is 21.5 Å². The summed E-state index contributed by atoms with van der Waals surface area (Å²) < 4.78 is 42.4. The van der Waals surface area contributed by atoms with Gasteiger partial charge in [-0.05, 0) is 37.0 Å². The van der Waals surface area contributed by atoms with Crippen molar-refractivity contribution >= 4 is 28.4 Å². The molecule has 1 aromatic carbocycles. The quantitative estimate of drug-likeness (QED) is 0.529. The maximum atomic E-state index is 12.2. The van der Waals surface area contributed by atoms with E-state index in [1.165, 1.54) is 35.7 Å². The molecular formula is C17H18F3N3OS2. The lowest BCUT2D eigenvalue weighted by atomic mass is 10.2. The van der Waals surface area contributed by atoms with Gasteiger partial charge in [-0.25, -0.2) is 0 Å². The molecule has 0 aliphatic rings. The van der Waals surface area contributed by atoms with Crippen LogP contribution in [0.4, 0.5) is 13.2 Å². The van der Waals surface area contributed by atoms with Gasteiger partial charge in [0.1, 0.15) is 5.75 Å². The smallest absolute Gasteiger partial charge is 0.406 e. The van der Waals surface area contributed by atoms with Gasteiger partial charge in [-0.2, -0.15) is 0 Å². The zero-order valence-corrected chi connectivity index (χ0v) is 15.9. The third-order valence-electron chi connectivity index (χ3n) is 3.15. The average molecular weight is 401 g/mol. The maximum absolute atomic E-state index is 12.2. The van der Waals surface area contributed by atoms with Gasteiger partial charge in [0.2, 0.25) is 0 Å². The van der Waals surface area contributed by atoms with Gasteiger partial charge in [0, 0.05) is 17.2 Å². The number of benzene rings is 1. The Morgan fingerprint density at radius 2 is 1.96 bits per heavy atom. The molecule has 2 rings (SSSR count). The van der Waals surface area contributed by atoms with E-state index in [4.69, 9.17) is 0 Å². The molecule has 9 heteroatoms. The molecular weight excluding hydrogens is 383 g/mol. The van der Waals surface area contributed by atoms with Crippen LogP contribution in [0.15, 0.2) is 47.5 Å². The topological polar surface area (TPSA) is 39.9 Å². The molecule has 0 saturated carbocycles. The first-order valence-corrected chi connectivity index (χ1v) is 9.58. The Bertz CT molecular complexity index is 771. The van der Waals surface area contributed by atoms with E-state index >= 15 is 0 Å². The fraction of sp³-hybridized carbons (Fsp3) is 0.294. The molecule has 4 nitrogen and oxygen atoms in total. The summed E-state index contributed by atoms with van der Waals surface area (Å²) in [6.07, 6.45) is -2.76. The second kappa shape index (κ2) is 9.18. The van der Waals surface area contributed by atoms with Gasteiger partial charge in [-0.15, -0.1) is 23.4 Å². The van der Waals surface area contributed by atoms with E-state index in [-0.39, 0.29) is 5.75 Å². The highest BCUT2D eigenvalue weighted by Crippen LogP contribution is 2.30. The summed E-state index contributed by atoms with van der Waals surface area (Å²) >= 11 is 2.94. The van der Waals surface area contributed by atoms with E-state index < -0.39 is 6.36 Å². The van der Waals surface area contributed by atoms with Crippen LogP contribution in [0.5, 0.6) is 5.75 Å². The molecule has 0 radical (unpaired) electrons. The summed E-state index contributed by atoms with van der Waals surface area (Å²) in [5.41, 5.74) is 0.860. The fourth-order valence-corrected chi connectivity index (χ4v) is 3.54. The first-order chi connectivity index (χ1) is 12.3. The number of hydrogen-bond acceptors (Lipinski definition) is 5. The van der Waals surface area contributed by atoms with Gasteiger partial charge in [0.15, 0.2) is 11.0 Å². The standard InChI is InChI=1S/C17H18F3N3OS2/c1-4-10-25-12(3)15-21-22-16(23(15)5-2)26-11-13-6-8-14(9-7-13)24-17(18,19)20/h4,6-10H,3,5,11H2,1-2H3/b10-4-. The Hall–Kier alpha value is -1.87. The second-order valence-electron chi connectivity index (χ2n) is 5.04. The van der Waals surface area contributed by atoms with Crippen molar-refractivity contribution in [1.82, 2.24) is 14.8 Å². The van der Waals surface area contributed by atoms with Gasteiger partial charge >= 0.3 is 6.36 Å². The van der Waals surface area contributed by atoms with Crippen LogP contribution in [0.25, 0.3) is 4.91 Å². The first-order valence-electron chi connectivity index (χ1n) is 7.71. The molecule has 1 aromatic heterocycles. The van der Waals surface area contributed by atoms with Gasteiger partial charge in [-0.1, -0.05) is 48.3 Å². The Labute approximate surface area is 158 Å². The highest BCUT2D eigenvalue weighted by molar-refractivity contribution is 8.10. The third-order valence-corrected chi connectivity index (χ3v) is 5.07. The van der Waals surface area contributed by atoms with E-state index in [0.717, 1.165) is 15.6 Å².